The summed E-state index contributed by atoms with van der Waals surface area (Å²) in [5.74, 6) is 0.803. The van der Waals surface area contributed by atoms with Gasteiger partial charge in [-0.3, -0.25) is 4.79 Å². The van der Waals surface area contributed by atoms with Crippen LogP contribution in [-0.4, -0.2) is 24.8 Å². The average Bonchev–Trinajstić information content (AvgIpc) is 2.29. The molecule has 1 rings (SSSR count). The Morgan fingerprint density at radius 2 is 2.31 bits per heavy atom. The van der Waals surface area contributed by atoms with Crippen LogP contribution in [-0.2, 0) is 11.2 Å². The monoisotopic (exact) mass is 239 g/mol. The highest BCUT2D eigenvalue weighted by atomic mass is 32.1. The lowest BCUT2D eigenvalue weighted by Crippen LogP contribution is -2.31. The first-order valence-corrected chi connectivity index (χ1v) is 5.74. The van der Waals surface area contributed by atoms with Crippen LogP contribution in [0.3, 0.4) is 0 Å². The van der Waals surface area contributed by atoms with Crippen molar-refractivity contribution in [3.63, 3.8) is 0 Å². The van der Waals surface area contributed by atoms with E-state index in [1.54, 1.807) is 14.0 Å². The molecule has 0 heterocycles. The van der Waals surface area contributed by atoms with Crippen molar-refractivity contribution in [3.8, 4) is 5.75 Å². The molecule has 0 aliphatic rings. The number of carbonyl (C=O) groups is 1. The Morgan fingerprint density at radius 1 is 1.56 bits per heavy atom. The maximum atomic E-state index is 11.2. The number of hydrogen-bond acceptors (Lipinski definition) is 3. The number of thiol groups is 1. The van der Waals surface area contributed by atoms with Crippen LogP contribution in [0.2, 0.25) is 0 Å². The molecule has 1 unspecified atom stereocenters. The van der Waals surface area contributed by atoms with Crippen LogP contribution in [0.15, 0.2) is 24.3 Å². The normalized spacial score (nSPS) is 11.9. The van der Waals surface area contributed by atoms with Crippen LogP contribution in [0.5, 0.6) is 5.75 Å². The lowest BCUT2D eigenvalue weighted by atomic mass is 10.1. The molecule has 0 fully saturated rings. The van der Waals surface area contributed by atoms with Gasteiger partial charge < -0.3 is 10.1 Å². The van der Waals surface area contributed by atoms with Gasteiger partial charge in [-0.25, -0.2) is 0 Å². The Morgan fingerprint density at radius 3 is 2.94 bits per heavy atom. The molecule has 0 radical (unpaired) electrons. The molecular formula is C12H17NO2S. The van der Waals surface area contributed by atoms with Gasteiger partial charge in [0.25, 0.3) is 0 Å². The second-order valence-electron chi connectivity index (χ2n) is 3.57. The third-order valence-corrected chi connectivity index (χ3v) is 2.46. The molecule has 1 aromatic carbocycles. The van der Waals surface area contributed by atoms with Crippen molar-refractivity contribution in [1.29, 1.82) is 0 Å². The fourth-order valence-corrected chi connectivity index (χ4v) is 1.40. The number of hydrogen-bond donors (Lipinski definition) is 2. The van der Waals surface area contributed by atoms with Crippen LogP contribution in [0.1, 0.15) is 12.5 Å². The van der Waals surface area contributed by atoms with Crippen molar-refractivity contribution in [2.75, 3.05) is 13.7 Å². The third kappa shape index (κ3) is 4.14. The lowest BCUT2D eigenvalue weighted by Gasteiger charge is -2.07. The van der Waals surface area contributed by atoms with Crippen LogP contribution in [0, 0.1) is 0 Å². The maximum absolute atomic E-state index is 11.2. The zero-order valence-electron chi connectivity index (χ0n) is 9.56. The van der Waals surface area contributed by atoms with Crippen LogP contribution < -0.4 is 10.1 Å². The predicted molar refractivity (Wildman–Crippen MR) is 68.2 cm³/mol. The van der Waals surface area contributed by atoms with E-state index in [1.165, 1.54) is 0 Å². The Bertz CT molecular complexity index is 353. The minimum atomic E-state index is -0.259. The van der Waals surface area contributed by atoms with Crippen molar-refractivity contribution in [2.45, 2.75) is 18.6 Å². The van der Waals surface area contributed by atoms with E-state index in [2.05, 4.69) is 17.9 Å². The summed E-state index contributed by atoms with van der Waals surface area (Å²) in [6.07, 6.45) is 0.795. The number of carbonyl (C=O) groups excluding carboxylic acids is 1. The van der Waals surface area contributed by atoms with Crippen LogP contribution >= 0.6 is 12.6 Å². The molecule has 1 amide bonds. The molecular weight excluding hydrogens is 222 g/mol. The first kappa shape index (κ1) is 12.9. The summed E-state index contributed by atoms with van der Waals surface area (Å²) < 4.78 is 5.12. The molecule has 3 nitrogen and oxygen atoms in total. The Hall–Kier alpha value is -1.16. The molecule has 1 aromatic rings. The molecule has 0 saturated carbocycles. The van der Waals surface area contributed by atoms with Gasteiger partial charge in [-0.05, 0) is 31.0 Å². The Kier molecular flexibility index (Phi) is 5.19. The fraction of sp³-hybridized carbons (Fsp3) is 0.417. The van der Waals surface area contributed by atoms with Crippen LogP contribution in [0.4, 0.5) is 0 Å². The van der Waals surface area contributed by atoms with E-state index in [0.29, 0.717) is 6.54 Å². The molecule has 1 atom stereocenters. The SMILES string of the molecule is COc1cccc(CCNC(=O)C(C)S)c1. The molecule has 4 heteroatoms. The van der Waals surface area contributed by atoms with Gasteiger partial charge in [0, 0.05) is 6.54 Å². The number of amides is 1. The average molecular weight is 239 g/mol. The molecule has 0 aliphatic heterocycles. The van der Waals surface area contributed by atoms with E-state index in [-0.39, 0.29) is 11.2 Å². The van der Waals surface area contributed by atoms with Crippen molar-refractivity contribution >= 4 is 18.5 Å². The number of ether oxygens (including phenoxy) is 1. The summed E-state index contributed by atoms with van der Waals surface area (Å²) in [6.45, 7) is 2.38. The highest BCUT2D eigenvalue weighted by molar-refractivity contribution is 7.81. The summed E-state index contributed by atoms with van der Waals surface area (Å²) in [7, 11) is 1.64. The fourth-order valence-electron chi connectivity index (χ4n) is 1.31. The zero-order chi connectivity index (χ0) is 12.0. The topological polar surface area (TPSA) is 38.3 Å². The van der Waals surface area contributed by atoms with Gasteiger partial charge >= 0.3 is 0 Å². The second-order valence-corrected chi connectivity index (χ2v) is 4.34. The Labute approximate surface area is 102 Å². The molecule has 1 N–H and O–H groups in total. The number of methoxy groups -OCH3 is 1. The van der Waals surface area contributed by atoms with Crippen LogP contribution in [0.25, 0.3) is 0 Å². The number of rotatable bonds is 5. The Balaban J connectivity index is 2.40. The largest absolute Gasteiger partial charge is 0.497 e. The minimum Gasteiger partial charge on any atom is -0.497 e. The molecule has 16 heavy (non-hydrogen) atoms. The predicted octanol–water partition coefficient (Wildman–Crippen LogP) is 1.67. The van der Waals surface area contributed by atoms with E-state index >= 15 is 0 Å². The van der Waals surface area contributed by atoms with E-state index in [9.17, 15) is 4.79 Å². The van der Waals surface area contributed by atoms with Gasteiger partial charge in [0.15, 0.2) is 0 Å². The van der Waals surface area contributed by atoms with Gasteiger partial charge in [0.1, 0.15) is 5.75 Å². The third-order valence-electron chi connectivity index (χ3n) is 2.23. The second kappa shape index (κ2) is 6.43. The molecule has 0 aliphatic carbocycles. The first-order valence-electron chi connectivity index (χ1n) is 5.22. The molecule has 0 spiro atoms. The molecule has 88 valence electrons. The first-order chi connectivity index (χ1) is 7.63. The van der Waals surface area contributed by atoms with Gasteiger partial charge in [0.2, 0.25) is 5.91 Å². The summed E-state index contributed by atoms with van der Waals surface area (Å²) in [4.78, 5) is 11.2. The standard InChI is InChI=1S/C12H17NO2S/c1-9(16)12(14)13-7-6-10-4-3-5-11(8-10)15-2/h3-5,8-9,16H,6-7H2,1-2H3,(H,13,14). The highest BCUT2D eigenvalue weighted by Gasteiger charge is 2.06. The smallest absolute Gasteiger partial charge is 0.232 e. The molecule has 0 aromatic heterocycles. The zero-order valence-corrected chi connectivity index (χ0v) is 10.5. The summed E-state index contributed by atoms with van der Waals surface area (Å²) >= 11 is 4.05. The summed E-state index contributed by atoms with van der Waals surface area (Å²) in [5, 5.41) is 2.55. The van der Waals surface area contributed by atoms with Crippen molar-refractivity contribution < 1.29 is 9.53 Å². The number of nitrogens with one attached hydrogen (secondary N) is 1. The maximum Gasteiger partial charge on any atom is 0.232 e. The van der Waals surface area contributed by atoms with Gasteiger partial charge in [-0.15, -0.1) is 0 Å². The number of benzene rings is 1. The van der Waals surface area contributed by atoms with E-state index in [4.69, 9.17) is 4.74 Å². The van der Waals surface area contributed by atoms with Gasteiger partial charge in [0.05, 0.1) is 12.4 Å². The molecule has 0 bridgehead atoms. The summed E-state index contributed by atoms with van der Waals surface area (Å²) in [6, 6.07) is 7.82. The van der Waals surface area contributed by atoms with Gasteiger partial charge in [-0.2, -0.15) is 12.6 Å². The van der Waals surface area contributed by atoms with Gasteiger partial charge in [-0.1, -0.05) is 12.1 Å². The van der Waals surface area contributed by atoms with E-state index in [1.807, 2.05) is 24.3 Å². The quantitative estimate of drug-likeness (QED) is 0.767. The van der Waals surface area contributed by atoms with Crippen molar-refractivity contribution in [3.05, 3.63) is 29.8 Å². The minimum absolute atomic E-state index is 0.0359. The van der Waals surface area contributed by atoms with E-state index < -0.39 is 0 Å². The van der Waals surface area contributed by atoms with Crippen molar-refractivity contribution in [1.82, 2.24) is 5.32 Å². The molecule has 0 saturated heterocycles. The van der Waals surface area contributed by atoms with Crippen molar-refractivity contribution in [2.24, 2.45) is 0 Å². The highest BCUT2D eigenvalue weighted by Crippen LogP contribution is 2.12. The summed E-state index contributed by atoms with van der Waals surface area (Å²) in [5.41, 5.74) is 1.14. The lowest BCUT2D eigenvalue weighted by molar-refractivity contribution is -0.120. The van der Waals surface area contributed by atoms with E-state index in [0.717, 1.165) is 17.7 Å².